The molecule has 0 aliphatic heterocycles. The van der Waals surface area contributed by atoms with Crippen LogP contribution >= 0.6 is 24.8 Å². The first-order chi connectivity index (χ1) is 16.4. The molecule has 0 saturated heterocycles. The van der Waals surface area contributed by atoms with Crippen molar-refractivity contribution in [3.8, 4) is 0 Å². The van der Waals surface area contributed by atoms with Gasteiger partial charge in [0.05, 0.1) is 0 Å². The molecule has 0 spiro atoms. The van der Waals surface area contributed by atoms with E-state index >= 15 is 0 Å². The first-order valence-electron chi connectivity index (χ1n) is 12.3. The molecule has 0 atom stereocenters. The van der Waals surface area contributed by atoms with Crippen LogP contribution in [0.2, 0.25) is 9.36 Å². The van der Waals surface area contributed by atoms with E-state index in [0.29, 0.717) is 0 Å². The van der Waals surface area contributed by atoms with Gasteiger partial charge in [-0.2, -0.15) is 0 Å². The zero-order valence-electron chi connectivity index (χ0n) is 20.8. The summed E-state index contributed by atoms with van der Waals surface area (Å²) in [6.07, 6.45) is 12.3. The molecule has 4 aromatic rings. The molecular weight excluding hydrogens is 662 g/mol. The van der Waals surface area contributed by atoms with Gasteiger partial charge in [-0.25, -0.2) is 0 Å². The standard InChI is InChI=1S/2C15H11.2CH3.2ClH.Hf.H2Si/c2*1-2-7-12(6-1)15-11-5-9-13-8-3-4-10-14(13)15;;;;;;/h2*3-11H,1H2;2*1H3;2*1H;;1H2. The zero-order valence-corrected chi connectivity index (χ0v) is 27.5. The number of halogens is 2. The molecule has 6 rings (SSSR count). The van der Waals surface area contributed by atoms with Gasteiger partial charge in [0.1, 0.15) is 0 Å². The molecule has 0 heterocycles. The van der Waals surface area contributed by atoms with Crippen molar-refractivity contribution in [1.29, 1.82) is 0 Å². The van der Waals surface area contributed by atoms with Crippen LogP contribution in [0.15, 0.2) is 116 Å². The van der Waals surface area contributed by atoms with Gasteiger partial charge in [-0.3, -0.25) is 0 Å². The van der Waals surface area contributed by atoms with Crippen LogP contribution in [0.25, 0.3) is 32.7 Å². The molecule has 0 radical (unpaired) electrons. The van der Waals surface area contributed by atoms with Gasteiger partial charge in [0.15, 0.2) is 0 Å². The van der Waals surface area contributed by atoms with Crippen LogP contribution in [-0.4, -0.2) is 6.94 Å². The Morgan fingerprint density at radius 2 is 0.944 bits per heavy atom. The number of fused-ring (bicyclic) bond motifs is 2. The molecule has 0 fully saturated rings. The summed E-state index contributed by atoms with van der Waals surface area (Å²) < 4.78 is 8.73. The summed E-state index contributed by atoms with van der Waals surface area (Å²) in [4.78, 5) is 0. The average molecular weight is 694 g/mol. The van der Waals surface area contributed by atoms with Gasteiger partial charge in [-0.1, -0.05) is 0 Å². The molecule has 0 unspecified atom stereocenters. The Bertz CT molecular complexity index is 1550. The monoisotopic (exact) mass is 694 g/mol. The Hall–Kier alpha value is -1.97. The summed E-state index contributed by atoms with van der Waals surface area (Å²) in [5.74, 6) is 0. The Kier molecular flexibility index (Phi) is 7.57. The summed E-state index contributed by atoms with van der Waals surface area (Å²) in [5, 5.41) is 5.36. The molecule has 4 aromatic carbocycles. The predicted octanol–water partition coefficient (Wildman–Crippen LogP) is 9.21. The van der Waals surface area contributed by atoms with Gasteiger partial charge in [0.25, 0.3) is 0 Å². The minimum atomic E-state index is -3.37. The van der Waals surface area contributed by atoms with Crippen molar-refractivity contribution in [2.24, 2.45) is 0 Å². The summed E-state index contributed by atoms with van der Waals surface area (Å²) in [7, 11) is 0. The van der Waals surface area contributed by atoms with Crippen molar-refractivity contribution in [3.05, 3.63) is 127 Å². The van der Waals surface area contributed by atoms with Crippen molar-refractivity contribution in [3.63, 3.8) is 0 Å². The normalized spacial score (nSPS) is 15.5. The average Bonchev–Trinajstić information content (AvgIpc) is 3.55. The van der Waals surface area contributed by atoms with E-state index in [1.54, 1.807) is 6.66 Å². The van der Waals surface area contributed by atoms with Gasteiger partial charge in [0, 0.05) is 0 Å². The van der Waals surface area contributed by atoms with E-state index in [-0.39, 0.29) is 24.8 Å². The van der Waals surface area contributed by atoms with Gasteiger partial charge in [0.2, 0.25) is 0 Å². The SMILES string of the molecule is Cl.Cl.[CH3][Hf]([CH3])(=[SiH2])([C]1=CC(c2cccc3ccccc23)=CC1)[C]1=CC(c2cccc3ccccc23)=CC1. The van der Waals surface area contributed by atoms with E-state index in [4.69, 9.17) is 0 Å². The molecule has 182 valence electrons. The second-order valence-corrected chi connectivity index (χ2v) is 52.1. The van der Waals surface area contributed by atoms with Crippen LogP contribution < -0.4 is 0 Å². The van der Waals surface area contributed by atoms with Crippen molar-refractivity contribution < 1.29 is 17.1 Å². The van der Waals surface area contributed by atoms with Crippen LogP contribution in [0, 0.1) is 0 Å². The number of rotatable bonds is 4. The van der Waals surface area contributed by atoms with Crippen LogP contribution in [0.1, 0.15) is 24.0 Å². The molecule has 4 heteroatoms. The molecule has 2 aliphatic rings. The number of hydrogen-bond donors (Lipinski definition) is 0. The first-order valence-corrected chi connectivity index (χ1v) is 31.4. The van der Waals surface area contributed by atoms with E-state index in [0.717, 1.165) is 12.8 Å². The first kappa shape index (κ1) is 27.1. The van der Waals surface area contributed by atoms with Crippen molar-refractivity contribution in [2.75, 3.05) is 0 Å². The van der Waals surface area contributed by atoms with Crippen LogP contribution in [0.5, 0.6) is 0 Å². The van der Waals surface area contributed by atoms with E-state index in [2.05, 4.69) is 126 Å². The molecule has 0 amide bonds. The summed E-state index contributed by atoms with van der Waals surface area (Å²) >= 11 is -3.37. The van der Waals surface area contributed by atoms with Crippen molar-refractivity contribution in [2.45, 2.75) is 22.2 Å². The topological polar surface area (TPSA) is 0 Å². The minimum absolute atomic E-state index is 0. The second kappa shape index (κ2) is 10.1. The van der Waals surface area contributed by atoms with Crippen LogP contribution in [-0.2, 0) is 17.1 Å². The van der Waals surface area contributed by atoms with Gasteiger partial charge in [-0.05, 0) is 0 Å². The molecule has 0 nitrogen and oxygen atoms in total. The molecular formula is C32H32Cl2HfSi. The fourth-order valence-corrected chi connectivity index (χ4v) is 21.1. The predicted molar refractivity (Wildman–Crippen MR) is 164 cm³/mol. The van der Waals surface area contributed by atoms with E-state index < -0.39 is 17.1 Å². The summed E-state index contributed by atoms with van der Waals surface area (Å²) in [6, 6.07) is 30.9. The summed E-state index contributed by atoms with van der Waals surface area (Å²) in [6.45, 7) is 2.36. The van der Waals surface area contributed by atoms with Crippen molar-refractivity contribution >= 4 is 64.4 Å². The molecule has 0 aromatic heterocycles. The van der Waals surface area contributed by atoms with Gasteiger partial charge in [-0.15, -0.1) is 24.8 Å². The molecule has 0 bridgehead atoms. The Morgan fingerprint density at radius 3 is 1.39 bits per heavy atom. The molecule has 36 heavy (non-hydrogen) atoms. The Balaban J connectivity index is 0.00000152. The molecule has 0 saturated carbocycles. The molecule has 0 N–H and O–H groups in total. The third kappa shape index (κ3) is 4.58. The zero-order chi connectivity index (χ0) is 23.4. The third-order valence-corrected chi connectivity index (χ3v) is 32.7. The quantitative estimate of drug-likeness (QED) is 0.187. The van der Waals surface area contributed by atoms with Crippen LogP contribution in [0.3, 0.4) is 0 Å². The number of hydrogen-bond acceptors (Lipinski definition) is 0. The number of allylic oxidation sites excluding steroid dienone is 8. The van der Waals surface area contributed by atoms with Crippen LogP contribution in [0.4, 0.5) is 0 Å². The Morgan fingerprint density at radius 1 is 0.556 bits per heavy atom. The number of benzene rings is 4. The van der Waals surface area contributed by atoms with Gasteiger partial charge >= 0.3 is 206 Å². The third-order valence-electron chi connectivity index (χ3n) is 8.00. The fourth-order valence-electron chi connectivity index (χ4n) is 5.70. The van der Waals surface area contributed by atoms with Crippen molar-refractivity contribution in [1.82, 2.24) is 0 Å². The second-order valence-electron chi connectivity index (χ2n) is 10.8. The Labute approximate surface area is 229 Å². The van der Waals surface area contributed by atoms with E-state index in [1.165, 1.54) is 43.8 Å². The molecule has 2 aliphatic carbocycles. The summed E-state index contributed by atoms with van der Waals surface area (Å²) in [5.41, 5.74) is 5.56. The fraction of sp³-hybridized carbons (Fsp3) is 0.125. The van der Waals surface area contributed by atoms with E-state index in [9.17, 15) is 0 Å². The maximum absolute atomic E-state index is 3.37. The van der Waals surface area contributed by atoms with E-state index in [1.807, 2.05) is 0 Å². The van der Waals surface area contributed by atoms with Gasteiger partial charge < -0.3 is 0 Å². The maximum atomic E-state index is 2.65.